The van der Waals surface area contributed by atoms with Gasteiger partial charge in [0.2, 0.25) is 11.8 Å². The van der Waals surface area contributed by atoms with E-state index in [2.05, 4.69) is 10.6 Å². The third-order valence-electron chi connectivity index (χ3n) is 6.12. The van der Waals surface area contributed by atoms with E-state index in [1.165, 1.54) is 4.90 Å². The Labute approximate surface area is 196 Å². The number of carbonyl (C=O) groups is 4. The molecule has 0 aromatic heterocycles. The van der Waals surface area contributed by atoms with E-state index >= 15 is 0 Å². The third kappa shape index (κ3) is 3.69. The van der Waals surface area contributed by atoms with Gasteiger partial charge in [-0.2, -0.15) is 0 Å². The molecule has 1 atom stereocenters. The topological polar surface area (TPSA) is 98.8 Å². The molecule has 2 aliphatic rings. The fourth-order valence-corrected chi connectivity index (χ4v) is 4.49. The van der Waals surface area contributed by atoms with Gasteiger partial charge < -0.3 is 10.6 Å². The molecule has 0 spiro atoms. The average molecular weight is 454 g/mol. The van der Waals surface area contributed by atoms with Crippen LogP contribution in [0.3, 0.4) is 0 Å². The van der Waals surface area contributed by atoms with E-state index in [1.807, 2.05) is 36.4 Å². The Bertz CT molecular complexity index is 1280. The van der Waals surface area contributed by atoms with Crippen LogP contribution >= 0.6 is 0 Å². The molecule has 0 radical (unpaired) electrons. The predicted molar refractivity (Wildman–Crippen MR) is 126 cm³/mol. The maximum Gasteiger partial charge on any atom is 0.325 e. The van der Waals surface area contributed by atoms with Crippen molar-refractivity contribution in [3.8, 4) is 0 Å². The largest absolute Gasteiger partial charge is 0.325 e. The van der Waals surface area contributed by atoms with Gasteiger partial charge in [-0.25, -0.2) is 4.79 Å². The third-order valence-corrected chi connectivity index (χ3v) is 6.12. The number of anilines is 2. The number of nitrogens with zero attached hydrogens (tertiary/aromatic N) is 2. The summed E-state index contributed by atoms with van der Waals surface area (Å²) in [6.45, 7) is -0.664. The fraction of sp³-hybridized carbons (Fsp3) is 0.154. The van der Waals surface area contributed by atoms with Crippen LogP contribution in [-0.4, -0.2) is 41.7 Å². The quantitative estimate of drug-likeness (QED) is 0.579. The first-order chi connectivity index (χ1) is 16.5. The highest BCUT2D eigenvalue weighted by Crippen LogP contribution is 2.34. The van der Waals surface area contributed by atoms with Gasteiger partial charge in [-0.3, -0.25) is 24.2 Å². The van der Waals surface area contributed by atoms with Crippen molar-refractivity contribution in [2.45, 2.75) is 12.0 Å². The second-order valence-electron chi connectivity index (χ2n) is 8.30. The normalized spacial score (nSPS) is 19.5. The molecule has 1 fully saturated rings. The Morgan fingerprint density at radius 2 is 1.50 bits per heavy atom. The Balaban J connectivity index is 1.46. The first kappa shape index (κ1) is 21.4. The number of rotatable bonds is 5. The number of imide groups is 1. The van der Waals surface area contributed by atoms with Crippen LogP contribution < -0.4 is 15.5 Å². The Kier molecular flexibility index (Phi) is 5.33. The van der Waals surface area contributed by atoms with E-state index in [0.29, 0.717) is 16.9 Å². The van der Waals surface area contributed by atoms with Gasteiger partial charge in [-0.1, -0.05) is 72.8 Å². The second-order valence-corrected chi connectivity index (χ2v) is 8.30. The zero-order valence-electron chi connectivity index (χ0n) is 18.2. The van der Waals surface area contributed by atoms with Crippen LogP contribution in [0, 0.1) is 0 Å². The molecular weight excluding hydrogens is 432 g/mol. The summed E-state index contributed by atoms with van der Waals surface area (Å²) in [4.78, 5) is 54.4. The molecule has 0 bridgehead atoms. The van der Waals surface area contributed by atoms with Crippen molar-refractivity contribution in [2.24, 2.45) is 0 Å². The number of benzene rings is 3. The maximum absolute atomic E-state index is 13.8. The van der Waals surface area contributed by atoms with Crippen molar-refractivity contribution in [2.75, 3.05) is 23.3 Å². The molecule has 8 nitrogen and oxygen atoms in total. The van der Waals surface area contributed by atoms with Crippen molar-refractivity contribution in [1.29, 1.82) is 0 Å². The maximum atomic E-state index is 13.8. The van der Waals surface area contributed by atoms with Crippen LogP contribution in [0.25, 0.3) is 0 Å². The minimum atomic E-state index is -1.34. The molecule has 3 aromatic carbocycles. The molecule has 1 saturated heterocycles. The van der Waals surface area contributed by atoms with Crippen molar-refractivity contribution in [3.05, 3.63) is 96.1 Å². The lowest BCUT2D eigenvalue weighted by Crippen LogP contribution is -2.49. The predicted octanol–water partition coefficient (Wildman–Crippen LogP) is 2.66. The fourth-order valence-electron chi connectivity index (χ4n) is 4.49. The lowest BCUT2D eigenvalue weighted by atomic mass is 9.83. The van der Waals surface area contributed by atoms with Gasteiger partial charge in [0.25, 0.3) is 5.91 Å². The van der Waals surface area contributed by atoms with E-state index in [1.54, 1.807) is 48.5 Å². The number of hydrogen-bond donors (Lipinski definition) is 2. The number of carbonyl (C=O) groups excluding carboxylic acids is 4. The number of hydrogen-bond acceptors (Lipinski definition) is 4. The zero-order valence-corrected chi connectivity index (χ0v) is 18.2. The summed E-state index contributed by atoms with van der Waals surface area (Å²) in [5.41, 5.74) is 1.20. The summed E-state index contributed by atoms with van der Waals surface area (Å²) < 4.78 is 0. The lowest BCUT2D eigenvalue weighted by Gasteiger charge is -2.30. The average Bonchev–Trinajstić information content (AvgIpc) is 3.09. The molecule has 34 heavy (non-hydrogen) atoms. The van der Waals surface area contributed by atoms with E-state index in [9.17, 15) is 19.2 Å². The van der Waals surface area contributed by atoms with Crippen LogP contribution in [-0.2, 0) is 26.3 Å². The molecule has 2 N–H and O–H groups in total. The van der Waals surface area contributed by atoms with Crippen LogP contribution in [0.5, 0.6) is 0 Å². The molecule has 8 heteroatoms. The smallest absolute Gasteiger partial charge is 0.323 e. The molecule has 2 heterocycles. The molecule has 0 aliphatic carbocycles. The molecule has 170 valence electrons. The summed E-state index contributed by atoms with van der Waals surface area (Å²) in [5.74, 6) is -1.36. The minimum absolute atomic E-state index is 0.187. The SMILES string of the molecule is O=C1CN(C(=O)CN2C(=O)NC(Cc3ccccc3)(c3ccccc3)C2=O)c2ccccc2N1. The van der Waals surface area contributed by atoms with Gasteiger partial charge in [-0.15, -0.1) is 0 Å². The van der Waals surface area contributed by atoms with Crippen molar-refractivity contribution in [3.63, 3.8) is 0 Å². The first-order valence-electron chi connectivity index (χ1n) is 10.9. The number of para-hydroxylation sites is 2. The van der Waals surface area contributed by atoms with Gasteiger partial charge in [-0.05, 0) is 23.3 Å². The van der Waals surface area contributed by atoms with Gasteiger partial charge in [0.15, 0.2) is 5.54 Å². The van der Waals surface area contributed by atoms with E-state index in [4.69, 9.17) is 0 Å². The van der Waals surface area contributed by atoms with Crippen molar-refractivity contribution >= 4 is 35.1 Å². The molecule has 0 saturated carbocycles. The second kappa shape index (κ2) is 8.47. The number of fused-ring (bicyclic) bond motifs is 1. The van der Waals surface area contributed by atoms with Crippen molar-refractivity contribution < 1.29 is 19.2 Å². The summed E-state index contributed by atoms with van der Waals surface area (Å²) in [6, 6.07) is 24.7. The highest BCUT2D eigenvalue weighted by Gasteiger charge is 2.53. The van der Waals surface area contributed by atoms with Crippen LogP contribution in [0.4, 0.5) is 16.2 Å². The van der Waals surface area contributed by atoms with Crippen molar-refractivity contribution in [1.82, 2.24) is 10.2 Å². The van der Waals surface area contributed by atoms with Crippen LogP contribution in [0.2, 0.25) is 0 Å². The molecular formula is C26H22N4O4. The van der Waals surface area contributed by atoms with Gasteiger partial charge in [0.1, 0.15) is 13.1 Å². The van der Waals surface area contributed by atoms with E-state index in [0.717, 1.165) is 10.5 Å². The van der Waals surface area contributed by atoms with Gasteiger partial charge in [0, 0.05) is 6.42 Å². The van der Waals surface area contributed by atoms with E-state index in [-0.39, 0.29) is 18.9 Å². The monoisotopic (exact) mass is 454 g/mol. The Morgan fingerprint density at radius 1 is 0.853 bits per heavy atom. The van der Waals surface area contributed by atoms with Gasteiger partial charge in [0.05, 0.1) is 11.4 Å². The minimum Gasteiger partial charge on any atom is -0.323 e. The van der Waals surface area contributed by atoms with Gasteiger partial charge >= 0.3 is 6.03 Å². The number of amides is 5. The summed E-state index contributed by atoms with van der Waals surface area (Å²) in [6.07, 6.45) is 0.238. The summed E-state index contributed by atoms with van der Waals surface area (Å²) in [7, 11) is 0. The standard InChI is InChI=1S/C26H22N4O4/c31-22-16-29(21-14-8-7-13-20(21)27-22)23(32)17-30-24(33)26(28-25(30)34,19-11-5-2-6-12-19)15-18-9-3-1-4-10-18/h1-14H,15-17H2,(H,27,31)(H,28,34). The Hall–Kier alpha value is -4.46. The zero-order chi connectivity index (χ0) is 23.7. The summed E-state index contributed by atoms with van der Waals surface area (Å²) in [5, 5.41) is 5.58. The highest BCUT2D eigenvalue weighted by molar-refractivity contribution is 6.14. The molecule has 1 unspecified atom stereocenters. The Morgan fingerprint density at radius 3 is 2.24 bits per heavy atom. The molecule has 5 rings (SSSR count). The van der Waals surface area contributed by atoms with Crippen LogP contribution in [0.15, 0.2) is 84.9 Å². The molecule has 2 aliphatic heterocycles. The lowest BCUT2D eigenvalue weighted by molar-refractivity contribution is -0.134. The molecule has 5 amide bonds. The highest BCUT2D eigenvalue weighted by atomic mass is 16.2. The van der Waals surface area contributed by atoms with E-state index < -0.39 is 29.9 Å². The summed E-state index contributed by atoms with van der Waals surface area (Å²) >= 11 is 0. The number of urea groups is 1. The van der Waals surface area contributed by atoms with Crippen LogP contribution in [0.1, 0.15) is 11.1 Å². The molecule has 3 aromatic rings. The first-order valence-corrected chi connectivity index (χ1v) is 10.9. The number of nitrogens with one attached hydrogen (secondary N) is 2.